The van der Waals surface area contributed by atoms with Gasteiger partial charge in [0.05, 0.1) is 32.0 Å². The van der Waals surface area contributed by atoms with Crippen molar-refractivity contribution in [3.8, 4) is 0 Å². The molecule has 0 radical (unpaired) electrons. The van der Waals surface area contributed by atoms with E-state index in [4.69, 9.17) is 18.9 Å². The van der Waals surface area contributed by atoms with E-state index < -0.39 is 86.8 Å². The van der Waals surface area contributed by atoms with Gasteiger partial charge in [-0.05, 0) is 83.5 Å². The number of rotatable bonds is 70. The summed E-state index contributed by atoms with van der Waals surface area (Å²) in [5, 5.41) is 87.7. The molecule has 9 N–H and O–H groups in total. The van der Waals surface area contributed by atoms with Gasteiger partial charge in [-0.2, -0.15) is 0 Å². The molecule has 0 saturated carbocycles. The lowest BCUT2D eigenvalue weighted by Gasteiger charge is -2.46. The molecular weight excluding hydrogens is 1250 g/mol. The molecule has 14 nitrogen and oxygen atoms in total. The normalized spacial score (nSPS) is 22.3. The third-order valence-electron chi connectivity index (χ3n) is 20.0. The van der Waals surface area contributed by atoms with E-state index in [0.29, 0.717) is 12.8 Å². The molecule has 0 aromatic heterocycles. The Balaban J connectivity index is 1.62. The van der Waals surface area contributed by atoms with E-state index in [9.17, 15) is 45.6 Å². The Morgan fingerprint density at radius 3 is 1.10 bits per heavy atom. The third-order valence-corrected chi connectivity index (χ3v) is 20.0. The van der Waals surface area contributed by atoms with Gasteiger partial charge in [0.15, 0.2) is 12.6 Å². The number of hydrogen-bond donors (Lipinski definition) is 9. The Labute approximate surface area is 611 Å². The molecule has 0 aliphatic carbocycles. The number of carbonyl (C=O) groups excluding carboxylic acids is 1. The van der Waals surface area contributed by atoms with Gasteiger partial charge in [0.2, 0.25) is 5.91 Å². The van der Waals surface area contributed by atoms with Gasteiger partial charge in [-0.3, -0.25) is 4.79 Å². The Morgan fingerprint density at radius 2 is 0.700 bits per heavy atom. The van der Waals surface area contributed by atoms with Crippen molar-refractivity contribution in [3.63, 3.8) is 0 Å². The Morgan fingerprint density at radius 1 is 0.370 bits per heavy atom. The molecule has 2 aliphatic rings. The predicted octanol–water partition coefficient (Wildman–Crippen LogP) is 19.5. The fourth-order valence-electron chi connectivity index (χ4n) is 13.5. The van der Waals surface area contributed by atoms with Crippen LogP contribution in [-0.2, 0) is 23.7 Å². The maximum atomic E-state index is 13.4. The molecule has 0 spiro atoms. The average Bonchev–Trinajstić information content (AvgIpc) is 0.791. The summed E-state index contributed by atoms with van der Waals surface area (Å²) in [7, 11) is 0. The van der Waals surface area contributed by atoms with Crippen LogP contribution in [0.4, 0.5) is 0 Å². The molecule has 0 aromatic rings. The van der Waals surface area contributed by atoms with Crippen LogP contribution in [0.5, 0.6) is 0 Å². The zero-order valence-corrected chi connectivity index (χ0v) is 63.9. The highest BCUT2D eigenvalue weighted by Crippen LogP contribution is 2.30. The van der Waals surface area contributed by atoms with Crippen molar-refractivity contribution >= 4 is 5.91 Å². The molecule has 0 aromatic carbocycles. The second-order valence-electron chi connectivity index (χ2n) is 29.2. The first-order chi connectivity index (χ1) is 49.1. The van der Waals surface area contributed by atoms with Gasteiger partial charge in [-0.1, -0.05) is 356 Å². The van der Waals surface area contributed by atoms with E-state index in [2.05, 4.69) is 92.1 Å². The number of amides is 1. The summed E-state index contributed by atoms with van der Waals surface area (Å²) in [5.41, 5.74) is 0. The fourth-order valence-corrected chi connectivity index (χ4v) is 13.5. The highest BCUT2D eigenvalue weighted by atomic mass is 16.7. The Kier molecular flexibility index (Phi) is 64.6. The number of carbonyl (C=O) groups is 1. The van der Waals surface area contributed by atoms with Crippen LogP contribution in [0, 0.1) is 0 Å². The zero-order chi connectivity index (χ0) is 72.2. The van der Waals surface area contributed by atoms with Crippen molar-refractivity contribution in [2.75, 3.05) is 19.8 Å². The molecule has 2 rings (SSSR count). The van der Waals surface area contributed by atoms with Gasteiger partial charge in [0.25, 0.3) is 0 Å². The minimum absolute atomic E-state index is 0.249. The highest BCUT2D eigenvalue weighted by molar-refractivity contribution is 5.76. The molecule has 14 heteroatoms. The van der Waals surface area contributed by atoms with Gasteiger partial charge < -0.3 is 65.1 Å². The summed E-state index contributed by atoms with van der Waals surface area (Å²) >= 11 is 0. The van der Waals surface area contributed by atoms with Crippen molar-refractivity contribution in [2.24, 2.45) is 0 Å². The topological polar surface area (TPSA) is 228 Å². The molecule has 100 heavy (non-hydrogen) atoms. The summed E-state index contributed by atoms with van der Waals surface area (Å²) in [6.07, 6.45) is 81.1. The maximum absolute atomic E-state index is 13.4. The van der Waals surface area contributed by atoms with Crippen LogP contribution in [0.2, 0.25) is 0 Å². The lowest BCUT2D eigenvalue weighted by molar-refractivity contribution is -0.359. The van der Waals surface area contributed by atoms with Crippen LogP contribution in [0.3, 0.4) is 0 Å². The summed E-state index contributed by atoms with van der Waals surface area (Å²) in [4.78, 5) is 13.4. The molecule has 2 saturated heterocycles. The van der Waals surface area contributed by atoms with Gasteiger partial charge in [-0.15, -0.1) is 0 Å². The molecule has 2 heterocycles. The fraction of sp³-hybridized carbons (Fsp3) is 0.826. The van der Waals surface area contributed by atoms with E-state index in [1.807, 2.05) is 6.08 Å². The first-order valence-corrected chi connectivity index (χ1v) is 41.8. The standard InChI is InChI=1S/C86H155NO13/c1-3-5-7-9-11-13-15-17-19-21-23-25-27-29-31-33-35-37-39-41-43-45-47-49-51-53-55-57-59-61-63-65-67-69-75(90)74(73-97-85-83(96)81(94)84(77(72-89)99-85)100-86-82(95)80(93)79(92)76(71-88)98-86)87-78(91)70-68-66-64-62-60-58-56-54-52-50-48-46-44-42-40-38-36-34-32-30-28-26-24-22-20-18-16-14-12-10-8-6-4-2/h6,8,12,14,18,20,24,26,51,53,59,61,67,69,74-77,79-86,88-90,92-96H,3-5,7,9-11,13,15-17,19,21-23,25,27-50,52,54-58,60,62-66,68,70-73H2,1-2H3,(H,87,91)/b8-6-,14-12-,20-18-,26-24-,53-51+,61-59+,69-67+. The summed E-state index contributed by atoms with van der Waals surface area (Å²) in [6, 6.07) is -0.943. The number of allylic oxidation sites excluding steroid dienone is 13. The minimum atomic E-state index is -1.80. The predicted molar refractivity (Wildman–Crippen MR) is 415 cm³/mol. The van der Waals surface area contributed by atoms with Gasteiger partial charge in [0.1, 0.15) is 48.8 Å². The maximum Gasteiger partial charge on any atom is 0.220 e. The van der Waals surface area contributed by atoms with Crippen LogP contribution in [0.1, 0.15) is 361 Å². The molecule has 2 fully saturated rings. The number of hydrogen-bond acceptors (Lipinski definition) is 13. The molecule has 12 atom stereocenters. The van der Waals surface area contributed by atoms with E-state index in [1.54, 1.807) is 6.08 Å². The number of ether oxygens (including phenoxy) is 4. The quantitative estimate of drug-likeness (QED) is 0.0204. The number of aliphatic hydroxyl groups excluding tert-OH is 8. The molecular formula is C86H155NO13. The highest BCUT2D eigenvalue weighted by Gasteiger charge is 2.51. The second kappa shape index (κ2) is 69.2. The van der Waals surface area contributed by atoms with Crippen molar-refractivity contribution in [3.05, 3.63) is 85.1 Å². The summed E-state index contributed by atoms with van der Waals surface area (Å²) in [5.74, 6) is -0.249. The lowest BCUT2D eigenvalue weighted by Crippen LogP contribution is -2.65. The number of unbranched alkanes of at least 4 members (excludes halogenated alkanes) is 45. The van der Waals surface area contributed by atoms with Crippen LogP contribution < -0.4 is 5.32 Å². The molecule has 2 aliphatic heterocycles. The Bertz CT molecular complexity index is 2010. The van der Waals surface area contributed by atoms with E-state index in [-0.39, 0.29) is 18.9 Å². The van der Waals surface area contributed by atoms with E-state index >= 15 is 0 Å². The van der Waals surface area contributed by atoms with Gasteiger partial charge in [0, 0.05) is 6.42 Å². The van der Waals surface area contributed by atoms with Crippen molar-refractivity contribution < 1.29 is 64.6 Å². The van der Waals surface area contributed by atoms with Crippen LogP contribution >= 0.6 is 0 Å². The third kappa shape index (κ3) is 51.4. The number of aliphatic hydroxyl groups is 8. The summed E-state index contributed by atoms with van der Waals surface area (Å²) < 4.78 is 22.9. The van der Waals surface area contributed by atoms with Crippen molar-refractivity contribution in [2.45, 2.75) is 434 Å². The van der Waals surface area contributed by atoms with Crippen molar-refractivity contribution in [1.82, 2.24) is 5.32 Å². The largest absolute Gasteiger partial charge is 0.394 e. The minimum Gasteiger partial charge on any atom is -0.394 e. The first kappa shape index (κ1) is 93.3. The monoisotopic (exact) mass is 1410 g/mol. The molecule has 582 valence electrons. The van der Waals surface area contributed by atoms with Crippen molar-refractivity contribution in [1.29, 1.82) is 0 Å². The van der Waals surface area contributed by atoms with Crippen LogP contribution in [-0.4, -0.2) is 140 Å². The second-order valence-corrected chi connectivity index (χ2v) is 29.2. The first-order valence-electron chi connectivity index (χ1n) is 41.8. The molecule has 12 unspecified atom stereocenters. The van der Waals surface area contributed by atoms with Gasteiger partial charge in [-0.25, -0.2) is 0 Å². The van der Waals surface area contributed by atoms with Crippen LogP contribution in [0.25, 0.3) is 0 Å². The zero-order valence-electron chi connectivity index (χ0n) is 63.9. The van der Waals surface area contributed by atoms with Gasteiger partial charge >= 0.3 is 0 Å². The Hall–Kier alpha value is -2.83. The van der Waals surface area contributed by atoms with E-state index in [0.717, 1.165) is 70.6 Å². The smallest absolute Gasteiger partial charge is 0.220 e. The summed E-state index contributed by atoms with van der Waals surface area (Å²) in [6.45, 7) is 2.71. The SMILES string of the molecule is CC/C=C\C/C=C\C/C=C\C/C=C\CCCCCCCCCCCCCCCCCCCCCCC(=O)NC(COC1OC(CO)C(OC2OC(CO)C(O)C(O)C2O)C(O)C1O)C(O)/C=C/CC/C=C/CC/C=C/CCCCCCCCCCCCCCCCCCCCCCCCC. The average molecular weight is 1410 g/mol. The number of nitrogens with one attached hydrogen (secondary N) is 1. The van der Waals surface area contributed by atoms with E-state index in [1.165, 1.54) is 257 Å². The lowest BCUT2D eigenvalue weighted by atomic mass is 9.97. The van der Waals surface area contributed by atoms with Crippen LogP contribution in [0.15, 0.2) is 85.1 Å². The molecule has 1 amide bonds. The molecule has 0 bridgehead atoms.